The Bertz CT molecular complexity index is 1210. The van der Waals surface area contributed by atoms with Crippen LogP contribution in [-0.2, 0) is 30.5 Å². The molecule has 7 heteroatoms. The number of aliphatic hydroxyl groups is 1. The van der Waals surface area contributed by atoms with E-state index >= 15 is 0 Å². The average Bonchev–Trinajstić information content (AvgIpc) is 2.85. The molecule has 5 nitrogen and oxygen atoms in total. The summed E-state index contributed by atoms with van der Waals surface area (Å²) in [6, 6.07) is 16.5. The van der Waals surface area contributed by atoms with Gasteiger partial charge in [-0.2, -0.15) is 0 Å². The number of carbonyl (C=O) groups is 1. The number of anilines is 1. The topological polar surface area (TPSA) is 81.6 Å². The van der Waals surface area contributed by atoms with Crippen molar-refractivity contribution in [2.45, 2.75) is 63.6 Å². The molecule has 0 aliphatic heterocycles. The van der Waals surface area contributed by atoms with Gasteiger partial charge in [-0.3, -0.25) is 4.79 Å². The molecule has 3 aromatic rings. The minimum atomic E-state index is -0.938. The Labute approximate surface area is 216 Å². The zero-order valence-electron chi connectivity index (χ0n) is 21.0. The summed E-state index contributed by atoms with van der Waals surface area (Å²) in [7, 11) is 0. The fourth-order valence-corrected chi connectivity index (χ4v) is 5.11. The summed E-state index contributed by atoms with van der Waals surface area (Å²) in [5.41, 5.74) is 5.56. The number of aryl methyl sites for hydroxylation is 2. The van der Waals surface area contributed by atoms with Gasteiger partial charge in [-0.05, 0) is 84.2 Å². The van der Waals surface area contributed by atoms with Crippen LogP contribution in [0, 0.1) is 11.6 Å². The molecule has 37 heavy (non-hydrogen) atoms. The van der Waals surface area contributed by atoms with E-state index in [1.54, 1.807) is 24.3 Å². The Kier molecular flexibility index (Phi) is 8.90. The summed E-state index contributed by atoms with van der Waals surface area (Å²) in [5, 5.41) is 27.2. The molecule has 1 aliphatic carbocycles. The SMILES string of the molecule is CCc1ccc2c(c1)[C@@H](NC[C@@H](O)[C@H](Cc1cc(F)cc(F)c1)Nc1cccc(CC(=O)O)c1)CCC2. The van der Waals surface area contributed by atoms with Gasteiger partial charge in [-0.1, -0.05) is 37.3 Å². The van der Waals surface area contributed by atoms with Crippen LogP contribution >= 0.6 is 0 Å². The summed E-state index contributed by atoms with van der Waals surface area (Å²) in [6.07, 6.45) is 3.21. The maximum atomic E-state index is 13.9. The highest BCUT2D eigenvalue weighted by molar-refractivity contribution is 5.70. The summed E-state index contributed by atoms with van der Waals surface area (Å²) in [6.45, 7) is 2.42. The Morgan fingerprint density at radius 2 is 1.81 bits per heavy atom. The van der Waals surface area contributed by atoms with Crippen LogP contribution in [0.1, 0.15) is 53.6 Å². The van der Waals surface area contributed by atoms with Gasteiger partial charge in [0.15, 0.2) is 0 Å². The monoisotopic (exact) mass is 508 g/mol. The molecule has 0 bridgehead atoms. The molecule has 0 fully saturated rings. The van der Waals surface area contributed by atoms with Gasteiger partial charge in [0.25, 0.3) is 0 Å². The highest BCUT2D eigenvalue weighted by Gasteiger charge is 2.25. The number of hydrogen-bond donors (Lipinski definition) is 4. The minimum Gasteiger partial charge on any atom is -0.481 e. The van der Waals surface area contributed by atoms with E-state index in [-0.39, 0.29) is 25.4 Å². The van der Waals surface area contributed by atoms with Crippen LogP contribution in [0.4, 0.5) is 14.5 Å². The normalized spacial score (nSPS) is 16.6. The largest absolute Gasteiger partial charge is 0.481 e. The summed E-state index contributed by atoms with van der Waals surface area (Å²) >= 11 is 0. The molecule has 0 unspecified atom stereocenters. The van der Waals surface area contributed by atoms with Gasteiger partial charge < -0.3 is 20.8 Å². The molecule has 0 saturated heterocycles. The number of carboxylic acid groups (broad SMARTS) is 1. The molecule has 4 N–H and O–H groups in total. The number of carboxylic acids is 1. The van der Waals surface area contributed by atoms with Crippen LogP contribution in [0.25, 0.3) is 0 Å². The van der Waals surface area contributed by atoms with Gasteiger partial charge in [0.05, 0.1) is 18.6 Å². The first-order valence-corrected chi connectivity index (χ1v) is 12.9. The molecular formula is C30H34F2N2O3. The predicted octanol–water partition coefficient (Wildman–Crippen LogP) is 5.21. The van der Waals surface area contributed by atoms with E-state index in [1.807, 2.05) is 0 Å². The van der Waals surface area contributed by atoms with Crippen molar-refractivity contribution in [2.75, 3.05) is 11.9 Å². The second-order valence-electron chi connectivity index (χ2n) is 9.81. The van der Waals surface area contributed by atoms with Crippen molar-refractivity contribution >= 4 is 11.7 Å². The second kappa shape index (κ2) is 12.3. The Balaban J connectivity index is 1.52. The fourth-order valence-electron chi connectivity index (χ4n) is 5.11. The van der Waals surface area contributed by atoms with E-state index in [0.29, 0.717) is 16.8 Å². The van der Waals surface area contributed by atoms with E-state index in [2.05, 4.69) is 35.8 Å². The molecule has 4 rings (SSSR count). The Morgan fingerprint density at radius 3 is 2.54 bits per heavy atom. The smallest absolute Gasteiger partial charge is 0.307 e. The van der Waals surface area contributed by atoms with Crippen molar-refractivity contribution in [3.8, 4) is 0 Å². The summed E-state index contributed by atoms with van der Waals surface area (Å²) in [5.74, 6) is -2.28. The quantitative estimate of drug-likeness (QED) is 0.286. The number of aliphatic carboxylic acids is 1. The first-order valence-electron chi connectivity index (χ1n) is 12.9. The van der Waals surface area contributed by atoms with Gasteiger partial charge in [0.1, 0.15) is 11.6 Å². The molecular weight excluding hydrogens is 474 g/mol. The molecule has 0 aromatic heterocycles. The van der Waals surface area contributed by atoms with E-state index < -0.39 is 29.7 Å². The number of fused-ring (bicyclic) bond motifs is 1. The van der Waals surface area contributed by atoms with E-state index in [9.17, 15) is 18.7 Å². The van der Waals surface area contributed by atoms with Crippen molar-refractivity contribution in [1.82, 2.24) is 5.32 Å². The zero-order valence-corrected chi connectivity index (χ0v) is 21.0. The van der Waals surface area contributed by atoms with Gasteiger partial charge in [-0.25, -0.2) is 8.78 Å². The number of aliphatic hydroxyl groups excluding tert-OH is 1. The third-order valence-electron chi connectivity index (χ3n) is 6.98. The van der Waals surface area contributed by atoms with E-state index in [4.69, 9.17) is 5.11 Å². The van der Waals surface area contributed by atoms with Crippen LogP contribution in [0.15, 0.2) is 60.7 Å². The molecule has 3 atom stereocenters. The van der Waals surface area contributed by atoms with Crippen molar-refractivity contribution in [3.63, 3.8) is 0 Å². The zero-order chi connectivity index (χ0) is 26.4. The molecule has 3 aromatic carbocycles. The second-order valence-corrected chi connectivity index (χ2v) is 9.81. The molecule has 0 radical (unpaired) electrons. The molecule has 0 heterocycles. The van der Waals surface area contributed by atoms with Crippen molar-refractivity contribution < 1.29 is 23.8 Å². The lowest BCUT2D eigenvalue weighted by Crippen LogP contribution is -2.43. The third-order valence-corrected chi connectivity index (χ3v) is 6.98. The summed E-state index contributed by atoms with van der Waals surface area (Å²) < 4.78 is 27.8. The molecule has 0 saturated carbocycles. The number of hydrogen-bond acceptors (Lipinski definition) is 4. The lowest BCUT2D eigenvalue weighted by molar-refractivity contribution is -0.136. The molecule has 0 spiro atoms. The first-order chi connectivity index (χ1) is 17.8. The Morgan fingerprint density at radius 1 is 1.03 bits per heavy atom. The van der Waals surface area contributed by atoms with Crippen LogP contribution in [0.3, 0.4) is 0 Å². The number of nitrogens with one attached hydrogen (secondary N) is 2. The van der Waals surface area contributed by atoms with Crippen molar-refractivity contribution in [1.29, 1.82) is 0 Å². The first kappa shape index (κ1) is 26.8. The van der Waals surface area contributed by atoms with Crippen LogP contribution < -0.4 is 10.6 Å². The Hall–Kier alpha value is -3.29. The summed E-state index contributed by atoms with van der Waals surface area (Å²) in [4.78, 5) is 11.1. The van der Waals surface area contributed by atoms with Crippen LogP contribution in [0.2, 0.25) is 0 Å². The predicted molar refractivity (Wildman–Crippen MR) is 141 cm³/mol. The minimum absolute atomic E-state index is 0.121. The maximum Gasteiger partial charge on any atom is 0.307 e. The number of rotatable bonds is 11. The van der Waals surface area contributed by atoms with E-state index in [1.165, 1.54) is 28.8 Å². The molecule has 196 valence electrons. The highest BCUT2D eigenvalue weighted by atomic mass is 19.1. The fraction of sp³-hybridized carbons (Fsp3) is 0.367. The van der Waals surface area contributed by atoms with E-state index in [0.717, 1.165) is 31.7 Å². The number of benzene rings is 3. The number of halogens is 2. The maximum absolute atomic E-state index is 13.9. The molecule has 0 amide bonds. The van der Waals surface area contributed by atoms with Gasteiger partial charge in [0, 0.05) is 24.3 Å². The standard InChI is InChI=1S/C30H34F2N2O3/c1-2-19-9-10-22-6-4-8-27(26(22)14-19)33-18-29(35)28(15-21-11-23(31)17-24(32)12-21)34-25-7-3-5-20(13-25)16-30(36)37/h3,5,7,9-14,17,27-29,33-35H,2,4,6,8,15-16,18H2,1H3,(H,36,37)/t27-,28-,29+/m0/s1. The highest BCUT2D eigenvalue weighted by Crippen LogP contribution is 2.31. The average molecular weight is 509 g/mol. The van der Waals surface area contributed by atoms with Crippen molar-refractivity contribution in [3.05, 3.63) is 100 Å². The third kappa shape index (κ3) is 7.37. The molecule has 1 aliphatic rings. The van der Waals surface area contributed by atoms with Crippen LogP contribution in [0.5, 0.6) is 0 Å². The van der Waals surface area contributed by atoms with Gasteiger partial charge >= 0.3 is 5.97 Å². The van der Waals surface area contributed by atoms with Crippen molar-refractivity contribution in [2.24, 2.45) is 0 Å². The van der Waals surface area contributed by atoms with Gasteiger partial charge in [0.2, 0.25) is 0 Å². The van der Waals surface area contributed by atoms with Gasteiger partial charge in [-0.15, -0.1) is 0 Å². The van der Waals surface area contributed by atoms with Crippen LogP contribution in [-0.4, -0.2) is 34.9 Å². The lowest BCUT2D eigenvalue weighted by atomic mass is 9.86. The lowest BCUT2D eigenvalue weighted by Gasteiger charge is -2.31.